The van der Waals surface area contributed by atoms with E-state index in [2.05, 4.69) is 0 Å². The third-order valence-corrected chi connectivity index (χ3v) is 2.86. The van der Waals surface area contributed by atoms with E-state index in [9.17, 15) is 22.8 Å². The fourth-order valence-corrected chi connectivity index (χ4v) is 1.88. The molecule has 0 radical (unpaired) electrons. The minimum Gasteiger partial charge on any atom is -0.299 e. The quantitative estimate of drug-likeness (QED) is 0.626. The number of benzene rings is 1. The van der Waals surface area contributed by atoms with Crippen LogP contribution in [0.2, 0.25) is 0 Å². The van der Waals surface area contributed by atoms with Crippen LogP contribution in [0.4, 0.5) is 13.2 Å². The molecule has 0 saturated carbocycles. The van der Waals surface area contributed by atoms with Crippen LogP contribution in [0.1, 0.15) is 18.4 Å². The van der Waals surface area contributed by atoms with Crippen molar-refractivity contribution < 1.29 is 27.6 Å². The van der Waals surface area contributed by atoms with Crippen LogP contribution in [-0.4, -0.2) is 29.9 Å². The van der Waals surface area contributed by atoms with Gasteiger partial charge in [0.2, 0.25) is 0 Å². The molecule has 0 unspecified atom stereocenters. The average Bonchev–Trinajstić information content (AvgIpc) is 2.89. The van der Waals surface area contributed by atoms with Crippen molar-refractivity contribution in [3.05, 3.63) is 35.1 Å². The zero-order valence-electron chi connectivity index (χ0n) is 10.5. The third-order valence-electron chi connectivity index (χ3n) is 2.86. The van der Waals surface area contributed by atoms with Gasteiger partial charge < -0.3 is 0 Å². The average molecular weight is 287 g/mol. The van der Waals surface area contributed by atoms with Gasteiger partial charge in [-0.1, -0.05) is 0 Å². The maximum absolute atomic E-state index is 13.4. The molecule has 0 bridgehead atoms. The number of ketones is 1. The topological polar surface area (TPSA) is 46.6 Å². The zero-order chi connectivity index (χ0) is 14.7. The third kappa shape index (κ3) is 3.36. The molecule has 1 saturated heterocycles. The number of rotatable bonds is 4. The minimum atomic E-state index is -1.32. The molecule has 1 fully saturated rings. The maximum Gasteiger partial charge on any atom is 0.253 e. The monoisotopic (exact) mass is 287 g/mol. The summed E-state index contributed by atoms with van der Waals surface area (Å²) in [5.41, 5.74) is -0.274. The highest BCUT2D eigenvalue weighted by atomic mass is 19.2. The van der Waals surface area contributed by atoms with Gasteiger partial charge in [0.1, 0.15) is 11.6 Å². The molecule has 1 heterocycles. The highest BCUT2D eigenvalue weighted by Gasteiger charge is 2.22. The van der Waals surface area contributed by atoms with E-state index >= 15 is 0 Å². The second-order valence-corrected chi connectivity index (χ2v) is 4.43. The first kappa shape index (κ1) is 14.5. The molecule has 108 valence electrons. The summed E-state index contributed by atoms with van der Waals surface area (Å²) in [5, 5.41) is 1.08. The Morgan fingerprint density at radius 2 is 1.85 bits per heavy atom. The van der Waals surface area contributed by atoms with Gasteiger partial charge in [-0.2, -0.15) is 0 Å². The van der Waals surface area contributed by atoms with E-state index in [1.807, 2.05) is 0 Å². The molecule has 1 aromatic rings. The number of halogens is 3. The van der Waals surface area contributed by atoms with Crippen molar-refractivity contribution in [2.45, 2.75) is 19.3 Å². The highest BCUT2D eigenvalue weighted by Crippen LogP contribution is 2.15. The van der Waals surface area contributed by atoms with E-state index in [0.717, 1.165) is 5.06 Å². The Morgan fingerprint density at radius 3 is 2.50 bits per heavy atom. The van der Waals surface area contributed by atoms with Crippen molar-refractivity contribution in [2.24, 2.45) is 0 Å². The number of hydrogen-bond donors (Lipinski definition) is 0. The fourth-order valence-electron chi connectivity index (χ4n) is 1.88. The highest BCUT2D eigenvalue weighted by molar-refractivity contribution is 5.98. The fraction of sp³-hybridized carbons (Fsp3) is 0.385. The largest absolute Gasteiger partial charge is 0.299 e. The molecule has 2 rings (SSSR count). The molecule has 0 spiro atoms. The number of carbonyl (C=O) groups is 2. The second-order valence-electron chi connectivity index (χ2n) is 4.43. The lowest BCUT2D eigenvalue weighted by molar-refractivity contribution is -0.169. The predicted molar refractivity (Wildman–Crippen MR) is 61.9 cm³/mol. The summed E-state index contributed by atoms with van der Waals surface area (Å²) in [6.07, 6.45) is -0.237. The molecule has 1 amide bonds. The van der Waals surface area contributed by atoms with Crippen molar-refractivity contribution in [3.8, 4) is 0 Å². The van der Waals surface area contributed by atoms with E-state index in [1.54, 1.807) is 0 Å². The summed E-state index contributed by atoms with van der Waals surface area (Å²) in [5.74, 6) is -4.67. The molecule has 0 atom stereocenters. The van der Waals surface area contributed by atoms with Crippen molar-refractivity contribution in [3.63, 3.8) is 0 Å². The predicted octanol–water partition coefficient (Wildman–Crippen LogP) is 1.77. The summed E-state index contributed by atoms with van der Waals surface area (Å²) >= 11 is 0. The van der Waals surface area contributed by atoms with E-state index in [4.69, 9.17) is 4.84 Å². The lowest BCUT2D eigenvalue weighted by atomic mass is 10.1. The molecule has 1 aliphatic rings. The van der Waals surface area contributed by atoms with Crippen molar-refractivity contribution in [2.75, 3.05) is 13.2 Å². The summed E-state index contributed by atoms with van der Waals surface area (Å²) in [6, 6.07) is 1.00. The van der Waals surface area contributed by atoms with Crippen molar-refractivity contribution in [1.29, 1.82) is 0 Å². The molecule has 1 aliphatic heterocycles. The standard InChI is InChI=1S/C13H12F3NO3/c14-10-7-12(16)11(15)5-8(10)4-9(18)6-13(19)17-2-1-3-20-17/h5,7H,1-4,6H2. The molecular formula is C13H12F3NO3. The molecular weight excluding hydrogens is 275 g/mol. The van der Waals surface area contributed by atoms with E-state index in [0.29, 0.717) is 31.7 Å². The Labute approximate surface area is 113 Å². The summed E-state index contributed by atoms with van der Waals surface area (Å²) in [6.45, 7) is 0.823. The van der Waals surface area contributed by atoms with Crippen LogP contribution >= 0.6 is 0 Å². The number of carbonyl (C=O) groups excluding carboxylic acids is 2. The maximum atomic E-state index is 13.4. The number of hydrogen-bond acceptors (Lipinski definition) is 3. The summed E-state index contributed by atoms with van der Waals surface area (Å²) in [4.78, 5) is 28.2. The first-order valence-corrected chi connectivity index (χ1v) is 6.06. The molecule has 0 aliphatic carbocycles. The lowest BCUT2D eigenvalue weighted by Gasteiger charge is -2.13. The molecule has 1 aromatic carbocycles. The Hall–Kier alpha value is -1.89. The van der Waals surface area contributed by atoms with E-state index in [1.165, 1.54) is 0 Å². The Bertz CT molecular complexity index is 542. The van der Waals surface area contributed by atoms with Crippen molar-refractivity contribution in [1.82, 2.24) is 5.06 Å². The van der Waals surface area contributed by atoms with Crippen molar-refractivity contribution >= 4 is 11.7 Å². The van der Waals surface area contributed by atoms with Crippen LogP contribution in [0.15, 0.2) is 12.1 Å². The number of nitrogens with zero attached hydrogens (tertiary/aromatic N) is 1. The van der Waals surface area contributed by atoms with Gasteiger partial charge in [0.05, 0.1) is 19.6 Å². The van der Waals surface area contributed by atoms with Gasteiger partial charge in [-0.25, -0.2) is 18.2 Å². The smallest absolute Gasteiger partial charge is 0.253 e. The number of Topliss-reactive ketones (excluding diaryl/α,β-unsaturated/α-hetero) is 1. The lowest BCUT2D eigenvalue weighted by Crippen LogP contribution is -2.29. The first-order valence-electron chi connectivity index (χ1n) is 6.06. The SMILES string of the molecule is O=C(CC(=O)N1CCCO1)Cc1cc(F)c(F)cc1F. The summed E-state index contributed by atoms with van der Waals surface area (Å²) in [7, 11) is 0. The molecule has 0 aromatic heterocycles. The van der Waals surface area contributed by atoms with Gasteiger partial charge in [-0.3, -0.25) is 14.4 Å². The molecule has 0 N–H and O–H groups in total. The Kier molecular flexibility index (Phi) is 4.39. The van der Waals surface area contributed by atoms with E-state index in [-0.39, 0.29) is 5.56 Å². The molecule has 20 heavy (non-hydrogen) atoms. The van der Waals surface area contributed by atoms with Gasteiger partial charge in [-0.05, 0) is 18.1 Å². The van der Waals surface area contributed by atoms with Crippen LogP contribution in [0.25, 0.3) is 0 Å². The second kappa shape index (κ2) is 6.04. The Balaban J connectivity index is 1.97. The Morgan fingerprint density at radius 1 is 1.15 bits per heavy atom. The van der Waals surface area contributed by atoms with Crippen LogP contribution in [-0.2, 0) is 20.8 Å². The normalized spacial score (nSPS) is 14.7. The first-order chi connectivity index (χ1) is 9.47. The van der Waals surface area contributed by atoms with Gasteiger partial charge in [0.15, 0.2) is 11.6 Å². The van der Waals surface area contributed by atoms with E-state index < -0.39 is 42.0 Å². The van der Waals surface area contributed by atoms with Gasteiger partial charge >= 0.3 is 0 Å². The van der Waals surface area contributed by atoms with Crippen LogP contribution < -0.4 is 0 Å². The van der Waals surface area contributed by atoms with Crippen LogP contribution in [0, 0.1) is 17.5 Å². The molecule has 7 heteroatoms. The zero-order valence-corrected chi connectivity index (χ0v) is 10.5. The van der Waals surface area contributed by atoms with Crippen LogP contribution in [0.5, 0.6) is 0 Å². The van der Waals surface area contributed by atoms with Gasteiger partial charge in [0.25, 0.3) is 5.91 Å². The van der Waals surface area contributed by atoms with Gasteiger partial charge in [0, 0.05) is 12.5 Å². The van der Waals surface area contributed by atoms with Gasteiger partial charge in [-0.15, -0.1) is 0 Å². The minimum absolute atomic E-state index is 0.274. The van der Waals surface area contributed by atoms with Crippen LogP contribution in [0.3, 0.4) is 0 Å². The number of amides is 1. The number of hydroxylamine groups is 2. The summed E-state index contributed by atoms with van der Waals surface area (Å²) < 4.78 is 39.1. The molecule has 4 nitrogen and oxygen atoms in total.